The van der Waals surface area contributed by atoms with Crippen molar-refractivity contribution in [2.45, 2.75) is 58.3 Å². The third-order valence-corrected chi connectivity index (χ3v) is 3.42. The van der Waals surface area contributed by atoms with Crippen LogP contribution in [0, 0.1) is 10.1 Å². The zero-order valence-corrected chi connectivity index (χ0v) is 15.9. The Bertz CT molecular complexity index is 670. The maximum Gasteiger partial charge on any atom is 0.407 e. The van der Waals surface area contributed by atoms with Crippen LogP contribution in [0.5, 0.6) is 0 Å². The molecule has 2 N–H and O–H groups in total. The summed E-state index contributed by atoms with van der Waals surface area (Å²) in [6.45, 7) is 6.88. The first-order valence-corrected chi connectivity index (χ1v) is 8.58. The van der Waals surface area contributed by atoms with E-state index in [0.717, 1.165) is 0 Å². The van der Waals surface area contributed by atoms with Crippen molar-refractivity contribution in [3.8, 4) is 0 Å². The van der Waals surface area contributed by atoms with Crippen LogP contribution in [-0.4, -0.2) is 46.4 Å². The summed E-state index contributed by atoms with van der Waals surface area (Å²) >= 11 is 0. The summed E-state index contributed by atoms with van der Waals surface area (Å²) in [4.78, 5) is 34.1. The number of nitrogens with zero attached hydrogens (tertiary/aromatic N) is 1. The fourth-order valence-electron chi connectivity index (χ4n) is 2.33. The normalized spacial score (nSPS) is 13.4. The minimum atomic E-state index is -1.25. The molecule has 0 radical (unpaired) electrons. The average molecular weight is 382 g/mol. The van der Waals surface area contributed by atoms with Crippen molar-refractivity contribution in [1.29, 1.82) is 0 Å². The van der Waals surface area contributed by atoms with E-state index in [1.807, 2.05) is 0 Å². The first-order valence-electron chi connectivity index (χ1n) is 8.58. The maximum atomic E-state index is 12.1. The van der Waals surface area contributed by atoms with Gasteiger partial charge in [0.1, 0.15) is 5.60 Å². The summed E-state index contributed by atoms with van der Waals surface area (Å²) in [5.74, 6) is -0.611. The Labute approximate surface area is 157 Å². The van der Waals surface area contributed by atoms with E-state index in [1.165, 1.54) is 18.2 Å². The molecule has 0 saturated heterocycles. The van der Waals surface area contributed by atoms with Gasteiger partial charge in [-0.3, -0.25) is 14.9 Å². The number of esters is 1. The molecule has 0 bridgehead atoms. The van der Waals surface area contributed by atoms with Gasteiger partial charge in [-0.25, -0.2) is 4.79 Å². The molecule has 1 aromatic carbocycles. The number of non-ortho nitro benzene ring substituents is 1. The van der Waals surface area contributed by atoms with Crippen LogP contribution in [0.2, 0.25) is 0 Å². The quantitative estimate of drug-likeness (QED) is 0.401. The molecule has 0 aromatic heterocycles. The molecular weight excluding hydrogens is 356 g/mol. The number of carbonyl (C=O) groups is 2. The van der Waals surface area contributed by atoms with Crippen molar-refractivity contribution >= 4 is 17.7 Å². The second kappa shape index (κ2) is 9.86. The SMILES string of the molecule is CCOC(=O)CC(O)[C@H](Cc1cccc([N+](=O)[O-])c1)NC(=O)OC(C)(C)C. The molecule has 0 aliphatic heterocycles. The predicted octanol–water partition coefficient (Wildman–Crippen LogP) is 2.34. The molecule has 0 heterocycles. The van der Waals surface area contributed by atoms with Gasteiger partial charge in [0.15, 0.2) is 0 Å². The van der Waals surface area contributed by atoms with Crippen LogP contribution in [0.25, 0.3) is 0 Å². The highest BCUT2D eigenvalue weighted by Gasteiger charge is 2.27. The van der Waals surface area contributed by atoms with E-state index < -0.39 is 34.7 Å². The van der Waals surface area contributed by atoms with Crippen LogP contribution in [-0.2, 0) is 20.7 Å². The van der Waals surface area contributed by atoms with E-state index in [-0.39, 0.29) is 25.1 Å². The van der Waals surface area contributed by atoms with Crippen LogP contribution >= 0.6 is 0 Å². The molecule has 1 amide bonds. The molecule has 1 aromatic rings. The number of nitro benzene ring substituents is 1. The molecule has 1 rings (SSSR count). The summed E-state index contributed by atoms with van der Waals surface area (Å²) < 4.78 is 10.0. The molecular formula is C18H26N2O7. The summed E-state index contributed by atoms with van der Waals surface area (Å²) in [6.07, 6.45) is -2.28. The summed E-state index contributed by atoms with van der Waals surface area (Å²) in [6, 6.07) is 4.94. The van der Waals surface area contributed by atoms with Gasteiger partial charge in [-0.05, 0) is 39.7 Å². The van der Waals surface area contributed by atoms with E-state index in [0.29, 0.717) is 5.56 Å². The van der Waals surface area contributed by atoms with Crippen molar-refractivity contribution in [1.82, 2.24) is 5.32 Å². The number of nitro groups is 1. The fraction of sp³-hybridized carbons (Fsp3) is 0.556. The number of benzene rings is 1. The lowest BCUT2D eigenvalue weighted by atomic mass is 9.99. The number of aliphatic hydroxyl groups excluding tert-OH is 1. The Hall–Kier alpha value is -2.68. The van der Waals surface area contributed by atoms with E-state index in [9.17, 15) is 24.8 Å². The molecule has 0 saturated carbocycles. The largest absolute Gasteiger partial charge is 0.466 e. The number of nitrogens with one attached hydrogen (secondary N) is 1. The van der Waals surface area contributed by atoms with Gasteiger partial charge in [0.05, 0.1) is 30.1 Å². The first kappa shape index (κ1) is 22.4. The van der Waals surface area contributed by atoms with Gasteiger partial charge >= 0.3 is 12.1 Å². The highest BCUT2D eigenvalue weighted by atomic mass is 16.6. The highest BCUT2D eigenvalue weighted by Crippen LogP contribution is 2.17. The summed E-state index contributed by atoms with van der Waals surface area (Å²) in [5.41, 5.74) is -0.330. The Morgan fingerprint density at radius 1 is 1.33 bits per heavy atom. The van der Waals surface area contributed by atoms with Gasteiger partial charge < -0.3 is 19.9 Å². The van der Waals surface area contributed by atoms with Gasteiger partial charge in [0, 0.05) is 12.1 Å². The highest BCUT2D eigenvalue weighted by molar-refractivity contribution is 5.71. The Kier molecular flexibility index (Phi) is 8.17. The molecule has 27 heavy (non-hydrogen) atoms. The Morgan fingerprint density at radius 2 is 2.00 bits per heavy atom. The zero-order valence-electron chi connectivity index (χ0n) is 15.9. The van der Waals surface area contributed by atoms with E-state index in [4.69, 9.17) is 9.47 Å². The van der Waals surface area contributed by atoms with Crippen LogP contribution in [0.3, 0.4) is 0 Å². The number of alkyl carbamates (subject to hydrolysis) is 1. The molecule has 0 aliphatic rings. The molecule has 0 fully saturated rings. The van der Waals surface area contributed by atoms with E-state index in [1.54, 1.807) is 33.8 Å². The maximum absolute atomic E-state index is 12.1. The molecule has 9 nitrogen and oxygen atoms in total. The number of carbonyl (C=O) groups excluding carboxylic acids is 2. The topological polar surface area (TPSA) is 128 Å². The van der Waals surface area contributed by atoms with Crippen LogP contribution in [0.15, 0.2) is 24.3 Å². The number of hydrogen-bond donors (Lipinski definition) is 2. The van der Waals surface area contributed by atoms with Crippen LogP contribution < -0.4 is 5.32 Å². The number of amides is 1. The fourth-order valence-corrected chi connectivity index (χ4v) is 2.33. The lowest BCUT2D eigenvalue weighted by molar-refractivity contribution is -0.384. The second-order valence-electron chi connectivity index (χ2n) is 6.96. The number of rotatable bonds is 8. The lowest BCUT2D eigenvalue weighted by Gasteiger charge is -2.26. The predicted molar refractivity (Wildman–Crippen MR) is 97.2 cm³/mol. The van der Waals surface area contributed by atoms with Crippen molar-refractivity contribution < 1.29 is 29.1 Å². The number of ether oxygens (including phenoxy) is 2. The van der Waals surface area contributed by atoms with Crippen molar-refractivity contribution in [2.24, 2.45) is 0 Å². The van der Waals surface area contributed by atoms with E-state index in [2.05, 4.69) is 5.32 Å². The van der Waals surface area contributed by atoms with Crippen LogP contribution in [0.4, 0.5) is 10.5 Å². The van der Waals surface area contributed by atoms with Crippen molar-refractivity contribution in [3.63, 3.8) is 0 Å². The third kappa shape index (κ3) is 8.50. The van der Waals surface area contributed by atoms with Crippen molar-refractivity contribution in [2.75, 3.05) is 6.61 Å². The summed E-state index contributed by atoms with van der Waals surface area (Å²) in [7, 11) is 0. The van der Waals surface area contributed by atoms with Gasteiger partial charge in [0.2, 0.25) is 0 Å². The Morgan fingerprint density at radius 3 is 2.56 bits per heavy atom. The molecule has 0 aliphatic carbocycles. The monoisotopic (exact) mass is 382 g/mol. The molecule has 1 unspecified atom stereocenters. The van der Waals surface area contributed by atoms with E-state index >= 15 is 0 Å². The average Bonchev–Trinajstić information content (AvgIpc) is 2.52. The smallest absolute Gasteiger partial charge is 0.407 e. The lowest BCUT2D eigenvalue weighted by Crippen LogP contribution is -2.47. The second-order valence-corrected chi connectivity index (χ2v) is 6.96. The molecule has 2 atom stereocenters. The minimum absolute atomic E-state index is 0.0709. The number of hydrogen-bond acceptors (Lipinski definition) is 7. The van der Waals surface area contributed by atoms with Gasteiger partial charge in [-0.15, -0.1) is 0 Å². The van der Waals surface area contributed by atoms with Gasteiger partial charge in [-0.1, -0.05) is 12.1 Å². The summed E-state index contributed by atoms with van der Waals surface area (Å²) in [5, 5.41) is 23.8. The number of aliphatic hydroxyl groups is 1. The third-order valence-electron chi connectivity index (χ3n) is 3.42. The van der Waals surface area contributed by atoms with Crippen molar-refractivity contribution in [3.05, 3.63) is 39.9 Å². The first-order chi connectivity index (χ1) is 12.5. The van der Waals surface area contributed by atoms with Crippen LogP contribution in [0.1, 0.15) is 39.7 Å². The molecule has 9 heteroatoms. The minimum Gasteiger partial charge on any atom is -0.466 e. The molecule has 0 spiro atoms. The molecule has 150 valence electrons. The zero-order chi connectivity index (χ0) is 20.6. The van der Waals surface area contributed by atoms with Gasteiger partial charge in [0.25, 0.3) is 5.69 Å². The Balaban J connectivity index is 2.95. The standard InChI is InChI=1S/C18H26N2O7/c1-5-26-16(22)11-15(21)14(19-17(23)27-18(2,3)4)10-12-7-6-8-13(9-12)20(24)25/h6-9,14-15,21H,5,10-11H2,1-4H3,(H,19,23)/t14-,15?/m0/s1. The van der Waals surface area contributed by atoms with Gasteiger partial charge in [-0.2, -0.15) is 0 Å².